The lowest BCUT2D eigenvalue weighted by Crippen LogP contribution is -2.56. The molecule has 2 N–H and O–H groups in total. The van der Waals surface area contributed by atoms with E-state index in [-0.39, 0.29) is 17.7 Å². The van der Waals surface area contributed by atoms with Gasteiger partial charge in [0.25, 0.3) is 5.92 Å². The van der Waals surface area contributed by atoms with E-state index in [2.05, 4.69) is 41.5 Å². The number of halogens is 2. The van der Waals surface area contributed by atoms with Gasteiger partial charge in [-0.25, -0.2) is 18.7 Å². The molecule has 220 valence electrons. The number of piperazine rings is 1. The fourth-order valence-electron chi connectivity index (χ4n) is 5.36. The molecular formula is C29H32F2N8O3. The Morgan fingerprint density at radius 3 is 2.64 bits per heavy atom. The summed E-state index contributed by atoms with van der Waals surface area (Å²) in [6, 6.07) is 13.0. The molecular weight excluding hydrogens is 546 g/mol. The molecule has 5 heterocycles. The van der Waals surface area contributed by atoms with E-state index < -0.39 is 18.6 Å². The molecule has 3 aliphatic heterocycles. The Balaban J connectivity index is 1.15. The third-order valence-electron chi connectivity index (χ3n) is 7.83. The molecule has 0 amide bonds. The molecule has 42 heavy (non-hydrogen) atoms. The van der Waals surface area contributed by atoms with Crippen LogP contribution in [0.2, 0.25) is 0 Å². The molecule has 3 fully saturated rings. The minimum absolute atomic E-state index is 0.120. The SMILES string of the molecule is COc1nc(Nc2cc(-c3ccc(OC4CCNCC4(F)F)c(C#N)c3)ncn2)ccc1N1CCN(C2COC2)CC1. The highest BCUT2D eigenvalue weighted by Crippen LogP contribution is 2.33. The number of ether oxygens (including phenoxy) is 3. The number of methoxy groups -OCH3 is 1. The van der Waals surface area contributed by atoms with Crippen molar-refractivity contribution in [1.82, 2.24) is 25.2 Å². The van der Waals surface area contributed by atoms with Crippen molar-refractivity contribution in [2.24, 2.45) is 0 Å². The number of hydrogen-bond acceptors (Lipinski definition) is 11. The van der Waals surface area contributed by atoms with Gasteiger partial charge in [-0.2, -0.15) is 10.2 Å². The zero-order chi connectivity index (χ0) is 29.1. The van der Waals surface area contributed by atoms with Crippen molar-refractivity contribution in [3.8, 4) is 29.0 Å². The van der Waals surface area contributed by atoms with Gasteiger partial charge in [-0.05, 0) is 36.9 Å². The molecule has 0 radical (unpaired) electrons. The van der Waals surface area contributed by atoms with E-state index in [4.69, 9.17) is 14.2 Å². The van der Waals surface area contributed by atoms with Gasteiger partial charge in [0.2, 0.25) is 5.88 Å². The van der Waals surface area contributed by atoms with E-state index in [0.717, 1.165) is 45.1 Å². The molecule has 6 rings (SSSR count). The molecule has 1 unspecified atom stereocenters. The van der Waals surface area contributed by atoms with Crippen LogP contribution in [0.25, 0.3) is 11.3 Å². The van der Waals surface area contributed by atoms with Gasteiger partial charge in [0.1, 0.15) is 35.5 Å². The lowest BCUT2D eigenvalue weighted by Gasteiger charge is -2.43. The second-order valence-electron chi connectivity index (χ2n) is 10.5. The summed E-state index contributed by atoms with van der Waals surface area (Å²) >= 11 is 0. The standard InChI is InChI=1S/C29H32F2N8O3/c1-40-28-23(39-10-8-38(9-11-39)21-15-41-16-21)3-5-26(37-28)36-27-13-22(34-18-35-27)19-2-4-24(20(12-19)14-32)42-25-6-7-33-17-29(25,30)31/h2-5,12-13,18,21,25,33H,6-11,15-17H2,1H3,(H,34,35,36,37). The summed E-state index contributed by atoms with van der Waals surface area (Å²) in [4.78, 5) is 18.1. The van der Waals surface area contributed by atoms with E-state index in [1.54, 1.807) is 25.3 Å². The number of aromatic nitrogens is 3. The normalized spacial score (nSPS) is 20.8. The van der Waals surface area contributed by atoms with Crippen molar-refractivity contribution in [2.75, 3.05) is 69.8 Å². The number of nitrogens with zero attached hydrogens (tertiary/aromatic N) is 6. The minimum Gasteiger partial charge on any atom is -0.483 e. The molecule has 11 nitrogen and oxygen atoms in total. The van der Waals surface area contributed by atoms with Crippen LogP contribution in [0.4, 0.5) is 26.1 Å². The second kappa shape index (κ2) is 12.0. The number of piperidine rings is 1. The topological polar surface area (TPSA) is 121 Å². The summed E-state index contributed by atoms with van der Waals surface area (Å²) in [6.45, 7) is 5.29. The number of rotatable bonds is 8. The van der Waals surface area contributed by atoms with Gasteiger partial charge < -0.3 is 29.7 Å². The number of nitrogens with one attached hydrogen (secondary N) is 2. The summed E-state index contributed by atoms with van der Waals surface area (Å²) in [5.74, 6) is -1.34. The molecule has 2 aromatic heterocycles. The summed E-state index contributed by atoms with van der Waals surface area (Å²) in [6.07, 6.45) is 0.254. The van der Waals surface area contributed by atoms with Crippen molar-refractivity contribution in [1.29, 1.82) is 5.26 Å². The monoisotopic (exact) mass is 578 g/mol. The molecule has 3 saturated heterocycles. The van der Waals surface area contributed by atoms with E-state index in [1.165, 1.54) is 12.4 Å². The van der Waals surface area contributed by atoms with Crippen LogP contribution in [0.5, 0.6) is 11.6 Å². The summed E-state index contributed by atoms with van der Waals surface area (Å²) in [5, 5.41) is 15.6. The zero-order valence-electron chi connectivity index (χ0n) is 23.2. The van der Waals surface area contributed by atoms with Gasteiger partial charge in [0.05, 0.1) is 44.2 Å². The second-order valence-corrected chi connectivity index (χ2v) is 10.5. The highest BCUT2D eigenvalue weighted by atomic mass is 19.3. The maximum Gasteiger partial charge on any atom is 0.296 e. The van der Waals surface area contributed by atoms with Crippen LogP contribution in [0.1, 0.15) is 12.0 Å². The van der Waals surface area contributed by atoms with Gasteiger partial charge >= 0.3 is 0 Å². The Labute approximate surface area is 242 Å². The largest absolute Gasteiger partial charge is 0.483 e. The number of anilines is 3. The van der Waals surface area contributed by atoms with Crippen LogP contribution >= 0.6 is 0 Å². The van der Waals surface area contributed by atoms with Crippen molar-refractivity contribution < 1.29 is 23.0 Å². The van der Waals surface area contributed by atoms with E-state index in [1.807, 2.05) is 12.1 Å². The summed E-state index contributed by atoms with van der Waals surface area (Å²) in [7, 11) is 1.60. The first kappa shape index (κ1) is 28.0. The number of benzene rings is 1. The molecule has 0 spiro atoms. The van der Waals surface area contributed by atoms with Crippen LogP contribution in [-0.2, 0) is 4.74 Å². The third-order valence-corrected chi connectivity index (χ3v) is 7.83. The lowest BCUT2D eigenvalue weighted by molar-refractivity contribution is -0.109. The Bertz CT molecular complexity index is 1460. The number of nitriles is 1. The highest BCUT2D eigenvalue weighted by Gasteiger charge is 2.43. The van der Waals surface area contributed by atoms with E-state index in [9.17, 15) is 14.0 Å². The molecule has 1 atom stereocenters. The molecule has 1 aromatic carbocycles. The molecule has 13 heteroatoms. The quantitative estimate of drug-likeness (QED) is 0.410. The van der Waals surface area contributed by atoms with Crippen molar-refractivity contribution in [3.63, 3.8) is 0 Å². The number of hydrogen-bond donors (Lipinski definition) is 2. The highest BCUT2D eigenvalue weighted by molar-refractivity contribution is 5.68. The first-order valence-corrected chi connectivity index (χ1v) is 13.9. The number of pyridine rings is 1. The predicted octanol–water partition coefficient (Wildman–Crippen LogP) is 3.06. The average Bonchev–Trinajstić information content (AvgIpc) is 2.98. The van der Waals surface area contributed by atoms with Crippen LogP contribution in [-0.4, -0.2) is 97.5 Å². The maximum absolute atomic E-state index is 14.3. The molecule has 0 bridgehead atoms. The van der Waals surface area contributed by atoms with Gasteiger partial charge in [0, 0.05) is 44.2 Å². The third kappa shape index (κ3) is 5.92. The Kier molecular flexibility index (Phi) is 8.01. The predicted molar refractivity (Wildman–Crippen MR) is 151 cm³/mol. The summed E-state index contributed by atoms with van der Waals surface area (Å²) < 4.78 is 45.1. The van der Waals surface area contributed by atoms with Gasteiger partial charge in [-0.1, -0.05) is 0 Å². The Morgan fingerprint density at radius 2 is 1.93 bits per heavy atom. The van der Waals surface area contributed by atoms with Crippen molar-refractivity contribution in [3.05, 3.63) is 48.3 Å². The van der Waals surface area contributed by atoms with Crippen LogP contribution in [0.3, 0.4) is 0 Å². The van der Waals surface area contributed by atoms with Gasteiger partial charge in [-0.15, -0.1) is 0 Å². The Morgan fingerprint density at radius 1 is 1.10 bits per heavy atom. The smallest absolute Gasteiger partial charge is 0.296 e. The first-order chi connectivity index (χ1) is 20.4. The fraction of sp³-hybridized carbons (Fsp3) is 0.448. The van der Waals surface area contributed by atoms with E-state index in [0.29, 0.717) is 41.4 Å². The summed E-state index contributed by atoms with van der Waals surface area (Å²) in [5.41, 5.74) is 2.25. The average molecular weight is 579 g/mol. The van der Waals surface area contributed by atoms with Crippen LogP contribution in [0, 0.1) is 11.3 Å². The number of alkyl halides is 2. The van der Waals surface area contributed by atoms with Crippen LogP contribution in [0.15, 0.2) is 42.7 Å². The Hall–Kier alpha value is -4.12. The first-order valence-electron chi connectivity index (χ1n) is 13.9. The molecule has 0 aliphatic carbocycles. The van der Waals surface area contributed by atoms with Gasteiger partial charge in [-0.3, -0.25) is 4.90 Å². The molecule has 0 saturated carbocycles. The zero-order valence-corrected chi connectivity index (χ0v) is 23.2. The van der Waals surface area contributed by atoms with Crippen molar-refractivity contribution in [2.45, 2.75) is 24.5 Å². The maximum atomic E-state index is 14.3. The molecule has 3 aliphatic rings. The minimum atomic E-state index is -3.02. The van der Waals surface area contributed by atoms with Gasteiger partial charge in [0.15, 0.2) is 6.10 Å². The van der Waals surface area contributed by atoms with Crippen molar-refractivity contribution >= 4 is 17.3 Å². The molecule has 3 aromatic rings. The fourth-order valence-corrected chi connectivity index (χ4v) is 5.36. The van der Waals surface area contributed by atoms with E-state index >= 15 is 0 Å². The lowest BCUT2D eigenvalue weighted by atomic mass is 10.0. The van der Waals surface area contributed by atoms with Crippen LogP contribution < -0.4 is 25.0 Å².